The van der Waals surface area contributed by atoms with E-state index in [0.29, 0.717) is 63.6 Å². The molecule has 0 saturated heterocycles. The molecule has 1 saturated carbocycles. The van der Waals surface area contributed by atoms with Crippen LogP contribution in [0.2, 0.25) is 0 Å². The Morgan fingerprint density at radius 3 is 1.95 bits per heavy atom. The van der Waals surface area contributed by atoms with E-state index in [1.165, 1.54) is 12.2 Å². The Labute approximate surface area is 438 Å². The number of rotatable bonds is 36. The molecule has 2 aromatic heterocycles. The molecule has 3 heterocycles. The highest BCUT2D eigenvalue weighted by Gasteiger charge is 2.32. The minimum atomic E-state index is -0.957. The lowest BCUT2D eigenvalue weighted by molar-refractivity contribution is -0.137. The first-order chi connectivity index (χ1) is 36.0. The van der Waals surface area contributed by atoms with Crippen molar-refractivity contribution in [2.75, 3.05) is 71.6 Å². The van der Waals surface area contributed by atoms with Crippen molar-refractivity contribution in [3.63, 3.8) is 0 Å². The Bertz CT molecular complexity index is 2210. The standard InChI is InChI=1S/C50H81N13O12/c1-6-7-11-37-58-44-45(49(75-33(4)5)61-60-46(44)51)63(37)31-34-14-16-35(17-15-34)56-47(69)36(10-9-21-55-50(52)71)57-48(70)43(32(2)3)59-40(66)13-8-12-38(64)53-22-25-72-27-29-74-30-28-73-26-23-54-39(65)20-24-62-41(67)18-19-42(62)68/h18-19,32-36,43H,6-17,20-31H2,1-5H3,(H2,51,60)(H,53,64)(H,54,65)(H,56,69)(H,57,70)(H,59,66)(H3,52,55,71)/t34?,35?,36-,43-/m0/s1. The van der Waals surface area contributed by atoms with Gasteiger partial charge in [0.05, 0.1) is 45.7 Å². The smallest absolute Gasteiger partial charge is 0.312 e. The maximum Gasteiger partial charge on any atom is 0.312 e. The lowest BCUT2D eigenvalue weighted by Gasteiger charge is -2.31. The summed E-state index contributed by atoms with van der Waals surface area (Å²) < 4.78 is 24.6. The predicted octanol–water partition coefficient (Wildman–Crippen LogP) is 1.06. The number of imidazole rings is 1. The number of carbonyl (C=O) groups is 8. The van der Waals surface area contributed by atoms with E-state index in [0.717, 1.165) is 48.3 Å². The summed E-state index contributed by atoms with van der Waals surface area (Å²) in [7, 11) is 0. The second kappa shape index (κ2) is 32.8. The Kier molecular flexibility index (Phi) is 26.7. The number of nitrogens with one attached hydrogen (secondary N) is 6. The van der Waals surface area contributed by atoms with Gasteiger partial charge in [-0.2, -0.15) is 0 Å². The van der Waals surface area contributed by atoms with E-state index in [9.17, 15) is 38.4 Å². The topological polar surface area (TPSA) is 345 Å². The van der Waals surface area contributed by atoms with Crippen LogP contribution in [0, 0.1) is 11.8 Å². The number of aryl methyl sites for hydroxylation is 1. The normalized spacial score (nSPS) is 16.3. The minimum Gasteiger partial charge on any atom is -0.472 e. The maximum absolute atomic E-state index is 13.9. The highest BCUT2D eigenvalue weighted by Crippen LogP contribution is 2.33. The number of nitrogens with two attached hydrogens (primary N) is 2. The molecule has 2 aliphatic rings. The molecule has 1 fully saturated rings. The lowest BCUT2D eigenvalue weighted by Crippen LogP contribution is -2.56. The molecule has 4 rings (SSSR count). The Morgan fingerprint density at radius 1 is 0.733 bits per heavy atom. The molecule has 25 nitrogen and oxygen atoms in total. The van der Waals surface area contributed by atoms with E-state index in [1.807, 2.05) is 13.8 Å². The average Bonchev–Trinajstić information content (AvgIpc) is 3.90. The van der Waals surface area contributed by atoms with Crippen LogP contribution in [0.15, 0.2) is 12.2 Å². The summed E-state index contributed by atoms with van der Waals surface area (Å²) in [5, 5.41) is 25.1. The van der Waals surface area contributed by atoms with Crippen LogP contribution in [-0.2, 0) is 60.7 Å². The minimum absolute atomic E-state index is 0.00303. The van der Waals surface area contributed by atoms with Crippen LogP contribution in [0.4, 0.5) is 10.6 Å². The number of nitrogens with zero attached hydrogens (tertiary/aromatic N) is 5. The zero-order valence-corrected chi connectivity index (χ0v) is 44.4. The number of hydrogen-bond acceptors (Lipinski definition) is 16. The summed E-state index contributed by atoms with van der Waals surface area (Å²) in [5.74, 6) is -1.21. The van der Waals surface area contributed by atoms with Crippen LogP contribution in [0.25, 0.3) is 11.0 Å². The van der Waals surface area contributed by atoms with Gasteiger partial charge < -0.3 is 66.9 Å². The van der Waals surface area contributed by atoms with E-state index >= 15 is 0 Å². The van der Waals surface area contributed by atoms with E-state index < -0.39 is 41.7 Å². The molecule has 418 valence electrons. The van der Waals surface area contributed by atoms with Gasteiger partial charge in [0, 0.05) is 76.6 Å². The van der Waals surface area contributed by atoms with Gasteiger partial charge in [0.25, 0.3) is 17.7 Å². The molecule has 2 aromatic rings. The Hall–Kier alpha value is -6.47. The van der Waals surface area contributed by atoms with Crippen molar-refractivity contribution < 1.29 is 57.3 Å². The molecule has 0 radical (unpaired) electrons. The van der Waals surface area contributed by atoms with Crippen LogP contribution in [-0.4, -0.2) is 162 Å². The van der Waals surface area contributed by atoms with Gasteiger partial charge in [0.1, 0.15) is 28.9 Å². The van der Waals surface area contributed by atoms with Gasteiger partial charge in [-0.15, -0.1) is 10.2 Å². The summed E-state index contributed by atoms with van der Waals surface area (Å²) in [5.41, 5.74) is 12.8. The van der Waals surface area contributed by atoms with Gasteiger partial charge in [0.2, 0.25) is 29.5 Å². The summed E-state index contributed by atoms with van der Waals surface area (Å²) in [6, 6.07) is -2.74. The highest BCUT2D eigenvalue weighted by molar-refractivity contribution is 6.13. The predicted molar refractivity (Wildman–Crippen MR) is 276 cm³/mol. The maximum atomic E-state index is 13.9. The van der Waals surface area contributed by atoms with Crippen LogP contribution >= 0.6 is 0 Å². The molecule has 1 aliphatic heterocycles. The van der Waals surface area contributed by atoms with Crippen LogP contribution in [0.3, 0.4) is 0 Å². The Balaban J connectivity index is 1.13. The molecule has 1 aliphatic carbocycles. The molecule has 2 atom stereocenters. The van der Waals surface area contributed by atoms with E-state index in [4.69, 9.17) is 35.4 Å². The number of amides is 9. The number of primary amides is 1. The van der Waals surface area contributed by atoms with Crippen LogP contribution in [0.5, 0.6) is 5.88 Å². The number of urea groups is 1. The second-order valence-electron chi connectivity index (χ2n) is 19.3. The van der Waals surface area contributed by atoms with Crippen LogP contribution in [0.1, 0.15) is 117 Å². The number of fused-ring (bicyclic) bond motifs is 1. The van der Waals surface area contributed by atoms with E-state index in [-0.39, 0.29) is 119 Å². The van der Waals surface area contributed by atoms with Gasteiger partial charge >= 0.3 is 6.03 Å². The first kappa shape index (κ1) is 61.1. The average molecular weight is 1060 g/mol. The molecule has 0 unspecified atom stereocenters. The van der Waals surface area contributed by atoms with Crippen molar-refractivity contribution in [3.8, 4) is 5.88 Å². The monoisotopic (exact) mass is 1060 g/mol. The zero-order chi connectivity index (χ0) is 54.7. The molecule has 75 heavy (non-hydrogen) atoms. The fraction of sp³-hybridized carbons (Fsp3) is 0.700. The third kappa shape index (κ3) is 21.7. The molecular formula is C50H81N13O12. The fourth-order valence-electron chi connectivity index (χ4n) is 8.51. The van der Waals surface area contributed by atoms with Gasteiger partial charge in [0.15, 0.2) is 5.82 Å². The zero-order valence-electron chi connectivity index (χ0n) is 44.4. The third-order valence-corrected chi connectivity index (χ3v) is 12.5. The van der Waals surface area contributed by atoms with Gasteiger partial charge in [-0.3, -0.25) is 38.5 Å². The van der Waals surface area contributed by atoms with Crippen molar-refractivity contribution >= 4 is 64.2 Å². The largest absolute Gasteiger partial charge is 0.472 e. The molecular weight excluding hydrogens is 975 g/mol. The number of unbranched alkanes of at least 4 members (excludes halogenated alkanes) is 1. The van der Waals surface area contributed by atoms with Crippen molar-refractivity contribution in [1.29, 1.82) is 0 Å². The second-order valence-corrected chi connectivity index (χ2v) is 19.3. The van der Waals surface area contributed by atoms with Crippen LogP contribution < -0.4 is 48.1 Å². The third-order valence-electron chi connectivity index (χ3n) is 12.5. The summed E-state index contributed by atoms with van der Waals surface area (Å²) in [6.07, 6.45) is 8.90. The van der Waals surface area contributed by atoms with E-state index in [2.05, 4.69) is 53.6 Å². The lowest BCUT2D eigenvalue weighted by atomic mass is 9.85. The number of imide groups is 1. The number of carbonyl (C=O) groups excluding carboxylic acids is 8. The SMILES string of the molecule is CCCCc1nc2c(N)nnc(OC(C)C)c2n1CC1CCC(NC(=O)[C@H](CCCNC(N)=O)NC(=O)[C@@H](NC(=O)CCCC(=O)NCCOCCOCCOCCNC(=O)CCN2C(=O)C=CC2=O)C(C)C)CC1. The fourth-order valence-corrected chi connectivity index (χ4v) is 8.51. The molecule has 10 N–H and O–H groups in total. The van der Waals surface area contributed by atoms with Crippen molar-refractivity contribution in [1.82, 2.24) is 56.5 Å². The first-order valence-corrected chi connectivity index (χ1v) is 26.4. The molecule has 0 bridgehead atoms. The van der Waals surface area contributed by atoms with Gasteiger partial charge in [-0.05, 0) is 77.0 Å². The van der Waals surface area contributed by atoms with Crippen molar-refractivity contribution in [2.24, 2.45) is 17.6 Å². The first-order valence-electron chi connectivity index (χ1n) is 26.4. The van der Waals surface area contributed by atoms with Gasteiger partial charge in [-0.25, -0.2) is 9.78 Å². The summed E-state index contributed by atoms with van der Waals surface area (Å²) in [4.78, 5) is 105. The molecule has 0 aromatic carbocycles. The van der Waals surface area contributed by atoms with Crippen molar-refractivity contribution in [2.45, 2.75) is 149 Å². The summed E-state index contributed by atoms with van der Waals surface area (Å²) >= 11 is 0. The van der Waals surface area contributed by atoms with Gasteiger partial charge in [-0.1, -0.05) is 27.2 Å². The number of aromatic nitrogens is 4. The summed E-state index contributed by atoms with van der Waals surface area (Å²) in [6.45, 7) is 12.7. The number of anilines is 1. The molecule has 25 heteroatoms. The van der Waals surface area contributed by atoms with Crippen molar-refractivity contribution in [3.05, 3.63) is 18.0 Å². The number of hydrogen-bond donors (Lipinski definition) is 8. The highest BCUT2D eigenvalue weighted by atomic mass is 16.5. The molecule has 0 spiro atoms. The number of nitrogen functional groups attached to an aromatic ring is 1. The quantitative estimate of drug-likeness (QED) is 0.0349. The Morgan fingerprint density at radius 2 is 1.35 bits per heavy atom. The number of ether oxygens (including phenoxy) is 4. The molecule has 9 amide bonds. The van der Waals surface area contributed by atoms with E-state index in [1.54, 1.807) is 13.8 Å².